The molecule has 2 unspecified atom stereocenters. The number of hydrogen-bond donors (Lipinski definition) is 2. The van der Waals surface area contributed by atoms with Crippen LogP contribution in [0.5, 0.6) is 0 Å². The van der Waals surface area contributed by atoms with Crippen LogP contribution >= 0.6 is 11.6 Å². The molecular weight excluding hydrogens is 238 g/mol. The lowest BCUT2D eigenvalue weighted by Gasteiger charge is -2.23. The molecule has 0 radical (unpaired) electrons. The maximum atomic E-state index is 10.5. The Kier molecular flexibility index (Phi) is 3.48. The Balaban J connectivity index is 2.23. The Morgan fingerprint density at radius 3 is 2.88 bits per heavy atom. The molecule has 0 amide bonds. The highest BCUT2D eigenvalue weighted by Crippen LogP contribution is 2.34. The summed E-state index contributed by atoms with van der Waals surface area (Å²) in [4.78, 5) is 0. The summed E-state index contributed by atoms with van der Waals surface area (Å²) < 4.78 is 1.87. The zero-order valence-electron chi connectivity index (χ0n) is 10.4. The van der Waals surface area contributed by atoms with Gasteiger partial charge in [0.15, 0.2) is 0 Å². The van der Waals surface area contributed by atoms with Gasteiger partial charge in [-0.1, -0.05) is 11.6 Å². The van der Waals surface area contributed by atoms with E-state index >= 15 is 0 Å². The van der Waals surface area contributed by atoms with E-state index in [2.05, 4.69) is 5.10 Å². The van der Waals surface area contributed by atoms with Gasteiger partial charge in [0.2, 0.25) is 0 Å². The normalized spacial score (nSPS) is 28.9. The largest absolute Gasteiger partial charge is 0.389 e. The van der Waals surface area contributed by atoms with E-state index in [-0.39, 0.29) is 6.04 Å². The first-order valence-corrected chi connectivity index (χ1v) is 6.53. The summed E-state index contributed by atoms with van der Waals surface area (Å²) in [5.41, 5.74) is 6.92. The molecule has 0 saturated heterocycles. The molecule has 17 heavy (non-hydrogen) atoms. The number of nitrogens with two attached hydrogens (primary N) is 1. The van der Waals surface area contributed by atoms with Gasteiger partial charge in [-0.3, -0.25) is 4.68 Å². The minimum absolute atomic E-state index is 0.109. The van der Waals surface area contributed by atoms with Crippen molar-refractivity contribution in [3.05, 3.63) is 16.4 Å². The zero-order chi connectivity index (χ0) is 12.6. The minimum atomic E-state index is -0.706. The summed E-state index contributed by atoms with van der Waals surface area (Å²) in [5, 5.41) is 15.5. The van der Waals surface area contributed by atoms with Gasteiger partial charge < -0.3 is 10.8 Å². The molecule has 1 fully saturated rings. The molecule has 0 aromatic carbocycles. The third kappa shape index (κ3) is 2.49. The van der Waals surface area contributed by atoms with Gasteiger partial charge in [0, 0.05) is 19.0 Å². The molecule has 1 saturated carbocycles. The van der Waals surface area contributed by atoms with Crippen LogP contribution in [0.15, 0.2) is 0 Å². The smallest absolute Gasteiger partial charge is 0.0848 e. The second-order valence-electron chi connectivity index (χ2n) is 5.07. The van der Waals surface area contributed by atoms with Crippen LogP contribution in [0.3, 0.4) is 0 Å². The summed E-state index contributed by atoms with van der Waals surface area (Å²) in [6.45, 7) is 4.68. The topological polar surface area (TPSA) is 64.1 Å². The molecule has 1 heterocycles. The van der Waals surface area contributed by atoms with Gasteiger partial charge in [0.25, 0.3) is 0 Å². The zero-order valence-corrected chi connectivity index (χ0v) is 11.2. The van der Waals surface area contributed by atoms with Crippen LogP contribution in [-0.2, 0) is 13.0 Å². The van der Waals surface area contributed by atoms with Gasteiger partial charge in [-0.05, 0) is 33.1 Å². The Labute approximate surface area is 107 Å². The molecule has 1 aliphatic carbocycles. The third-order valence-corrected chi connectivity index (χ3v) is 4.06. The first-order valence-electron chi connectivity index (χ1n) is 6.15. The highest BCUT2D eigenvalue weighted by Gasteiger charge is 2.37. The predicted octanol–water partition coefficient (Wildman–Crippen LogP) is 1.65. The van der Waals surface area contributed by atoms with E-state index in [1.165, 1.54) is 0 Å². The van der Waals surface area contributed by atoms with E-state index in [0.717, 1.165) is 30.8 Å². The van der Waals surface area contributed by atoms with Crippen molar-refractivity contribution in [3.8, 4) is 0 Å². The lowest BCUT2D eigenvalue weighted by molar-refractivity contribution is 0.0448. The van der Waals surface area contributed by atoms with Crippen molar-refractivity contribution in [2.45, 2.75) is 57.7 Å². The van der Waals surface area contributed by atoms with Gasteiger partial charge >= 0.3 is 0 Å². The Hall–Kier alpha value is -0.580. The standard InChI is InChI=1S/C12H20ClN3O/c1-3-16-10(11(13)8(2)15-16)7-12(17)5-4-9(14)6-12/h9,17H,3-7,14H2,1-2H3. The highest BCUT2D eigenvalue weighted by atomic mass is 35.5. The maximum absolute atomic E-state index is 10.5. The van der Waals surface area contributed by atoms with Crippen molar-refractivity contribution in [3.63, 3.8) is 0 Å². The quantitative estimate of drug-likeness (QED) is 0.866. The third-order valence-electron chi connectivity index (χ3n) is 3.57. The van der Waals surface area contributed by atoms with Crippen LogP contribution in [0.4, 0.5) is 0 Å². The first kappa shape index (κ1) is 12.9. The fourth-order valence-corrected chi connectivity index (χ4v) is 2.86. The highest BCUT2D eigenvalue weighted by molar-refractivity contribution is 6.31. The molecular formula is C12H20ClN3O. The summed E-state index contributed by atoms with van der Waals surface area (Å²) in [6, 6.07) is 0.109. The van der Waals surface area contributed by atoms with E-state index < -0.39 is 5.60 Å². The van der Waals surface area contributed by atoms with Crippen LogP contribution in [0.1, 0.15) is 37.6 Å². The molecule has 0 bridgehead atoms. The average molecular weight is 258 g/mol. The van der Waals surface area contributed by atoms with Gasteiger partial charge in [-0.25, -0.2) is 0 Å². The molecule has 0 aliphatic heterocycles. The van der Waals surface area contributed by atoms with Crippen LogP contribution in [0.2, 0.25) is 5.02 Å². The predicted molar refractivity (Wildman–Crippen MR) is 68.1 cm³/mol. The van der Waals surface area contributed by atoms with Crippen molar-refractivity contribution in [1.82, 2.24) is 9.78 Å². The summed E-state index contributed by atoms with van der Waals surface area (Å²) >= 11 is 6.24. The van der Waals surface area contributed by atoms with Gasteiger partial charge in [0.1, 0.15) is 0 Å². The number of halogens is 1. The molecule has 96 valence electrons. The second kappa shape index (κ2) is 4.59. The molecule has 5 heteroatoms. The summed E-state index contributed by atoms with van der Waals surface area (Å²) in [6.07, 6.45) is 2.83. The number of rotatable bonds is 3. The molecule has 3 N–H and O–H groups in total. The van der Waals surface area contributed by atoms with Crippen LogP contribution in [0, 0.1) is 6.92 Å². The molecule has 1 aliphatic rings. The molecule has 4 nitrogen and oxygen atoms in total. The molecule has 2 rings (SSSR count). The van der Waals surface area contributed by atoms with Crippen LogP contribution in [-0.4, -0.2) is 26.5 Å². The Bertz CT molecular complexity index is 418. The fraction of sp³-hybridized carbons (Fsp3) is 0.750. The summed E-state index contributed by atoms with van der Waals surface area (Å²) in [7, 11) is 0. The molecule has 2 atom stereocenters. The lowest BCUT2D eigenvalue weighted by Crippen LogP contribution is -2.31. The van der Waals surface area contributed by atoms with Gasteiger partial charge in [-0.15, -0.1) is 0 Å². The van der Waals surface area contributed by atoms with E-state index in [4.69, 9.17) is 17.3 Å². The lowest BCUT2D eigenvalue weighted by atomic mass is 9.95. The van der Waals surface area contributed by atoms with Crippen molar-refractivity contribution in [2.75, 3.05) is 0 Å². The summed E-state index contributed by atoms with van der Waals surface area (Å²) in [5.74, 6) is 0. The number of aromatic nitrogens is 2. The molecule has 1 aromatic rings. The van der Waals surface area contributed by atoms with E-state index in [9.17, 15) is 5.11 Å². The number of aryl methyl sites for hydroxylation is 2. The average Bonchev–Trinajstić information content (AvgIpc) is 2.74. The van der Waals surface area contributed by atoms with E-state index in [1.807, 2.05) is 18.5 Å². The Morgan fingerprint density at radius 1 is 1.65 bits per heavy atom. The number of nitrogens with zero attached hydrogens (tertiary/aromatic N) is 2. The fourth-order valence-electron chi connectivity index (χ4n) is 2.66. The van der Waals surface area contributed by atoms with Crippen molar-refractivity contribution in [1.29, 1.82) is 0 Å². The SMILES string of the molecule is CCn1nc(C)c(Cl)c1CC1(O)CCC(N)C1. The maximum Gasteiger partial charge on any atom is 0.0848 e. The molecule has 1 aromatic heterocycles. The number of hydrogen-bond acceptors (Lipinski definition) is 3. The Morgan fingerprint density at radius 2 is 2.35 bits per heavy atom. The van der Waals surface area contributed by atoms with Crippen molar-refractivity contribution >= 4 is 11.6 Å². The molecule has 0 spiro atoms. The van der Waals surface area contributed by atoms with Gasteiger partial charge in [0.05, 0.1) is 22.0 Å². The van der Waals surface area contributed by atoms with Crippen LogP contribution in [0.25, 0.3) is 0 Å². The minimum Gasteiger partial charge on any atom is -0.389 e. The van der Waals surface area contributed by atoms with Crippen molar-refractivity contribution < 1.29 is 5.11 Å². The van der Waals surface area contributed by atoms with Gasteiger partial charge in [-0.2, -0.15) is 5.10 Å². The first-order chi connectivity index (χ1) is 7.95. The number of aliphatic hydroxyl groups is 1. The van der Waals surface area contributed by atoms with E-state index in [1.54, 1.807) is 0 Å². The second-order valence-corrected chi connectivity index (χ2v) is 5.44. The monoisotopic (exact) mass is 257 g/mol. The van der Waals surface area contributed by atoms with E-state index in [0.29, 0.717) is 17.9 Å². The van der Waals surface area contributed by atoms with Crippen molar-refractivity contribution in [2.24, 2.45) is 5.73 Å². The van der Waals surface area contributed by atoms with Crippen LogP contribution < -0.4 is 5.73 Å².